The zero-order chi connectivity index (χ0) is 13.3. The summed E-state index contributed by atoms with van der Waals surface area (Å²) in [6.45, 7) is 5.59. The van der Waals surface area contributed by atoms with E-state index in [0.29, 0.717) is 17.1 Å². The van der Waals surface area contributed by atoms with Gasteiger partial charge in [-0.1, -0.05) is 12.1 Å². The van der Waals surface area contributed by atoms with Crippen LogP contribution in [0.5, 0.6) is 0 Å². The number of halogens is 1. The molecule has 0 fully saturated rings. The molecule has 2 rings (SSSR count). The van der Waals surface area contributed by atoms with E-state index in [4.69, 9.17) is 0 Å². The fraction of sp³-hybridized carbons (Fsp3) is 0.385. The van der Waals surface area contributed by atoms with Crippen molar-refractivity contribution in [1.29, 1.82) is 0 Å². The summed E-state index contributed by atoms with van der Waals surface area (Å²) < 4.78 is 13.2. The zero-order valence-electron chi connectivity index (χ0n) is 10.6. The summed E-state index contributed by atoms with van der Waals surface area (Å²) in [5, 5.41) is 5.72. The Morgan fingerprint density at radius 2 is 2.17 bits per heavy atom. The predicted molar refractivity (Wildman–Crippen MR) is 67.7 cm³/mol. The molecule has 1 atom stereocenters. The normalized spacial score (nSPS) is 18.8. The Balaban J connectivity index is 2.24. The van der Waals surface area contributed by atoms with Gasteiger partial charge in [-0.15, -0.1) is 0 Å². The van der Waals surface area contributed by atoms with Crippen LogP contribution >= 0.6 is 0 Å². The smallest absolute Gasteiger partial charge is 0.256 e. The Morgan fingerprint density at radius 3 is 2.78 bits per heavy atom. The standard InChI is InChI=1S/C13H16FN3O/c1-7(2)15-13-16-11(12(18)17-13)9-4-5-10(14)8(3)6-9/h4-7,11H,1-3H3,(H2,15,16,17,18). The lowest BCUT2D eigenvalue weighted by Crippen LogP contribution is -2.40. The molecule has 1 amide bonds. The number of benzene rings is 1. The highest BCUT2D eigenvalue weighted by Gasteiger charge is 2.28. The molecule has 1 aliphatic heterocycles. The average molecular weight is 249 g/mol. The number of amides is 1. The third-order valence-electron chi connectivity index (χ3n) is 2.67. The Kier molecular flexibility index (Phi) is 3.32. The molecule has 0 aliphatic carbocycles. The highest BCUT2D eigenvalue weighted by atomic mass is 19.1. The first-order chi connectivity index (χ1) is 8.47. The second-order valence-electron chi connectivity index (χ2n) is 4.68. The van der Waals surface area contributed by atoms with Gasteiger partial charge in [-0.2, -0.15) is 0 Å². The first-order valence-electron chi connectivity index (χ1n) is 5.88. The molecule has 1 unspecified atom stereocenters. The molecule has 1 aromatic rings. The van der Waals surface area contributed by atoms with E-state index in [2.05, 4.69) is 15.6 Å². The Labute approximate surface area is 105 Å². The number of hydrogen-bond acceptors (Lipinski definition) is 3. The highest BCUT2D eigenvalue weighted by Crippen LogP contribution is 2.23. The van der Waals surface area contributed by atoms with Crippen LogP contribution < -0.4 is 10.6 Å². The average Bonchev–Trinajstić information content (AvgIpc) is 2.62. The fourth-order valence-electron chi connectivity index (χ4n) is 1.82. The number of aryl methyl sites for hydroxylation is 1. The van der Waals surface area contributed by atoms with Gasteiger partial charge in [0.15, 0.2) is 12.0 Å². The van der Waals surface area contributed by atoms with Gasteiger partial charge in [0.1, 0.15) is 5.82 Å². The molecular formula is C13H16FN3O. The van der Waals surface area contributed by atoms with E-state index in [1.807, 2.05) is 13.8 Å². The molecule has 1 aromatic carbocycles. The van der Waals surface area contributed by atoms with E-state index in [0.717, 1.165) is 0 Å². The van der Waals surface area contributed by atoms with Crippen molar-refractivity contribution in [2.24, 2.45) is 4.99 Å². The monoisotopic (exact) mass is 249 g/mol. The minimum atomic E-state index is -0.592. The number of aliphatic imine (C=N–C) groups is 1. The van der Waals surface area contributed by atoms with E-state index in [1.54, 1.807) is 19.1 Å². The Morgan fingerprint density at radius 1 is 1.44 bits per heavy atom. The molecule has 0 spiro atoms. The topological polar surface area (TPSA) is 53.5 Å². The lowest BCUT2D eigenvalue weighted by Gasteiger charge is -2.07. The summed E-state index contributed by atoms with van der Waals surface area (Å²) in [7, 11) is 0. The molecule has 18 heavy (non-hydrogen) atoms. The van der Waals surface area contributed by atoms with Gasteiger partial charge >= 0.3 is 0 Å². The maximum atomic E-state index is 13.2. The lowest BCUT2D eigenvalue weighted by molar-refractivity contribution is -0.120. The van der Waals surface area contributed by atoms with Crippen LogP contribution in [0.25, 0.3) is 0 Å². The number of nitrogens with zero attached hydrogens (tertiary/aromatic N) is 1. The zero-order valence-corrected chi connectivity index (χ0v) is 10.6. The predicted octanol–water partition coefficient (Wildman–Crippen LogP) is 1.66. The van der Waals surface area contributed by atoms with Crippen LogP contribution in [0.4, 0.5) is 4.39 Å². The summed E-state index contributed by atoms with van der Waals surface area (Å²) in [4.78, 5) is 16.1. The van der Waals surface area contributed by atoms with Crippen molar-refractivity contribution >= 4 is 11.9 Å². The molecule has 0 saturated carbocycles. The number of carbonyl (C=O) groups excluding carboxylic acids is 1. The maximum Gasteiger partial charge on any atom is 0.256 e. The van der Waals surface area contributed by atoms with E-state index in [9.17, 15) is 9.18 Å². The third-order valence-corrected chi connectivity index (χ3v) is 2.67. The molecule has 0 bridgehead atoms. The van der Waals surface area contributed by atoms with Gasteiger partial charge in [0.25, 0.3) is 5.91 Å². The Hall–Kier alpha value is -1.91. The molecule has 1 aliphatic rings. The van der Waals surface area contributed by atoms with Gasteiger partial charge in [0.05, 0.1) is 0 Å². The van der Waals surface area contributed by atoms with Crippen molar-refractivity contribution < 1.29 is 9.18 Å². The van der Waals surface area contributed by atoms with Crippen molar-refractivity contribution in [3.8, 4) is 0 Å². The first kappa shape index (κ1) is 12.5. The van der Waals surface area contributed by atoms with Crippen LogP contribution in [0.3, 0.4) is 0 Å². The summed E-state index contributed by atoms with van der Waals surface area (Å²) in [6, 6.07) is 4.21. The largest absolute Gasteiger partial charge is 0.354 e. The van der Waals surface area contributed by atoms with Gasteiger partial charge in [-0.25, -0.2) is 9.38 Å². The van der Waals surface area contributed by atoms with Gasteiger partial charge in [0.2, 0.25) is 0 Å². The molecule has 96 valence electrons. The summed E-state index contributed by atoms with van der Waals surface area (Å²) in [5.74, 6) is 0.00722. The van der Waals surface area contributed by atoms with Crippen LogP contribution in [0.2, 0.25) is 0 Å². The lowest BCUT2D eigenvalue weighted by atomic mass is 10.0. The molecule has 0 aromatic heterocycles. The van der Waals surface area contributed by atoms with Crippen LogP contribution in [-0.2, 0) is 4.79 Å². The molecule has 0 radical (unpaired) electrons. The summed E-state index contributed by atoms with van der Waals surface area (Å²) in [5.41, 5.74) is 1.22. The third kappa shape index (κ3) is 2.50. The van der Waals surface area contributed by atoms with Gasteiger partial charge in [-0.05, 0) is 38.0 Å². The maximum absolute atomic E-state index is 13.2. The van der Waals surface area contributed by atoms with Crippen LogP contribution in [0.1, 0.15) is 31.0 Å². The number of carbonyl (C=O) groups is 1. The number of guanidine groups is 1. The fourth-order valence-corrected chi connectivity index (χ4v) is 1.82. The second kappa shape index (κ2) is 4.76. The van der Waals surface area contributed by atoms with Gasteiger partial charge in [-0.3, -0.25) is 10.1 Å². The molecule has 2 N–H and O–H groups in total. The Bertz CT molecular complexity index is 511. The van der Waals surface area contributed by atoms with Crippen LogP contribution in [0, 0.1) is 12.7 Å². The SMILES string of the molecule is Cc1cc(C2N=C(NC(C)C)NC2=O)ccc1F. The van der Waals surface area contributed by atoms with Crippen molar-refractivity contribution in [1.82, 2.24) is 10.6 Å². The molecule has 0 saturated heterocycles. The molecular weight excluding hydrogens is 233 g/mol. The summed E-state index contributed by atoms with van der Waals surface area (Å²) in [6.07, 6.45) is 0. The molecule has 4 nitrogen and oxygen atoms in total. The first-order valence-corrected chi connectivity index (χ1v) is 5.88. The van der Waals surface area contributed by atoms with Crippen molar-refractivity contribution in [3.05, 3.63) is 35.1 Å². The van der Waals surface area contributed by atoms with Crippen LogP contribution in [0.15, 0.2) is 23.2 Å². The number of rotatable bonds is 2. The second-order valence-corrected chi connectivity index (χ2v) is 4.68. The molecule has 5 heteroatoms. The van der Waals surface area contributed by atoms with E-state index in [-0.39, 0.29) is 17.8 Å². The highest BCUT2D eigenvalue weighted by molar-refractivity contribution is 6.05. The van der Waals surface area contributed by atoms with Crippen molar-refractivity contribution in [2.45, 2.75) is 32.9 Å². The molecule has 1 heterocycles. The van der Waals surface area contributed by atoms with Gasteiger partial charge < -0.3 is 5.32 Å². The minimum Gasteiger partial charge on any atom is -0.354 e. The van der Waals surface area contributed by atoms with Crippen LogP contribution in [-0.4, -0.2) is 17.9 Å². The van der Waals surface area contributed by atoms with E-state index >= 15 is 0 Å². The van der Waals surface area contributed by atoms with Crippen molar-refractivity contribution in [3.63, 3.8) is 0 Å². The van der Waals surface area contributed by atoms with Crippen molar-refractivity contribution in [2.75, 3.05) is 0 Å². The summed E-state index contributed by atoms with van der Waals surface area (Å²) >= 11 is 0. The van der Waals surface area contributed by atoms with E-state index in [1.165, 1.54) is 6.07 Å². The van der Waals surface area contributed by atoms with E-state index < -0.39 is 6.04 Å². The quantitative estimate of drug-likeness (QED) is 0.837. The minimum absolute atomic E-state index is 0.191. The number of hydrogen-bond donors (Lipinski definition) is 2. The van der Waals surface area contributed by atoms with Gasteiger partial charge in [0, 0.05) is 6.04 Å². The number of nitrogens with one attached hydrogen (secondary N) is 2.